The number of nitrogens with one attached hydrogen (secondary N) is 1. The second-order valence-corrected chi connectivity index (χ2v) is 11.3. The van der Waals surface area contributed by atoms with Crippen LogP contribution in [0.2, 0.25) is 0 Å². The Kier molecular flexibility index (Phi) is 9.08. The lowest BCUT2D eigenvalue weighted by molar-refractivity contribution is -0.137. The standard InChI is InChI=1S/C30H35F3N6O4/c1-6-7-16-38-23-24(35-26(38)37-15-10-14-22(19-37)34-27(41)43-29(2,3)4)36(5)28(42)39(25(23)40)17-9-12-20-11-8-13-21(18-20)30(31,32)33/h8-9,11-13,18,22H,10,14-17,19H2,1-5H3,(H,34,41)/t22-/m1/s1. The first-order valence-corrected chi connectivity index (χ1v) is 13.9. The molecule has 0 bridgehead atoms. The molecule has 1 fully saturated rings. The molecule has 10 nitrogen and oxygen atoms in total. The first kappa shape index (κ1) is 31.5. The number of carbonyl (C=O) groups is 1. The molecule has 0 unspecified atom stereocenters. The van der Waals surface area contributed by atoms with Crippen molar-refractivity contribution in [1.29, 1.82) is 0 Å². The third-order valence-corrected chi connectivity index (χ3v) is 6.86. The smallest absolute Gasteiger partial charge is 0.416 e. The van der Waals surface area contributed by atoms with Crippen LogP contribution in [0.25, 0.3) is 17.2 Å². The summed E-state index contributed by atoms with van der Waals surface area (Å²) in [5, 5.41) is 2.90. The zero-order valence-electron chi connectivity index (χ0n) is 24.8. The molecule has 1 aliphatic heterocycles. The first-order chi connectivity index (χ1) is 20.2. The highest BCUT2D eigenvalue weighted by atomic mass is 19.4. The fourth-order valence-corrected chi connectivity index (χ4v) is 4.93. The summed E-state index contributed by atoms with van der Waals surface area (Å²) >= 11 is 0. The Balaban J connectivity index is 1.69. The Hall–Kier alpha value is -4.47. The number of piperidine rings is 1. The monoisotopic (exact) mass is 600 g/mol. The number of carbonyl (C=O) groups excluding carboxylic acids is 1. The fraction of sp³-hybridized carbons (Fsp3) is 0.467. The lowest BCUT2D eigenvalue weighted by Crippen LogP contribution is -2.49. The Morgan fingerprint density at radius 1 is 1.21 bits per heavy atom. The van der Waals surface area contributed by atoms with Crippen molar-refractivity contribution in [3.05, 3.63) is 62.3 Å². The van der Waals surface area contributed by atoms with Gasteiger partial charge < -0.3 is 15.0 Å². The third kappa shape index (κ3) is 7.31. The molecule has 2 aromatic heterocycles. The molecule has 1 amide bonds. The molecule has 0 radical (unpaired) electrons. The van der Waals surface area contributed by atoms with Crippen LogP contribution in [0.15, 0.2) is 39.9 Å². The van der Waals surface area contributed by atoms with E-state index >= 15 is 0 Å². The predicted octanol–water partition coefficient (Wildman–Crippen LogP) is 4.15. The van der Waals surface area contributed by atoms with Crippen LogP contribution in [0, 0.1) is 11.8 Å². The summed E-state index contributed by atoms with van der Waals surface area (Å²) in [5.74, 6) is 6.24. The Labute approximate surface area is 246 Å². The van der Waals surface area contributed by atoms with Crippen LogP contribution in [0.4, 0.5) is 23.9 Å². The number of fused-ring (bicyclic) bond motifs is 1. The number of anilines is 1. The summed E-state index contributed by atoms with van der Waals surface area (Å²) < 4.78 is 48.6. The molecule has 1 saturated heterocycles. The molecule has 3 heterocycles. The Morgan fingerprint density at radius 2 is 1.95 bits per heavy atom. The molecular weight excluding hydrogens is 565 g/mol. The Bertz CT molecular complexity index is 1720. The van der Waals surface area contributed by atoms with Gasteiger partial charge in [0.05, 0.1) is 12.1 Å². The van der Waals surface area contributed by atoms with Gasteiger partial charge in [0.1, 0.15) is 5.60 Å². The van der Waals surface area contributed by atoms with E-state index in [9.17, 15) is 27.6 Å². The van der Waals surface area contributed by atoms with Crippen LogP contribution in [0.1, 0.15) is 51.7 Å². The largest absolute Gasteiger partial charge is 0.444 e. The number of hydrogen-bond donors (Lipinski definition) is 1. The van der Waals surface area contributed by atoms with E-state index in [4.69, 9.17) is 4.74 Å². The summed E-state index contributed by atoms with van der Waals surface area (Å²) in [5.41, 5.74) is -2.00. The number of aromatic nitrogens is 4. The summed E-state index contributed by atoms with van der Waals surface area (Å²) in [6, 6.07) is 4.54. The van der Waals surface area contributed by atoms with Gasteiger partial charge in [0.2, 0.25) is 5.95 Å². The molecule has 0 aliphatic carbocycles. The molecule has 1 aliphatic rings. The van der Waals surface area contributed by atoms with Gasteiger partial charge in [-0.1, -0.05) is 30.2 Å². The minimum absolute atomic E-state index is 0.135. The molecule has 1 atom stereocenters. The molecular formula is C30H35F3N6O4. The van der Waals surface area contributed by atoms with Crippen molar-refractivity contribution in [3.63, 3.8) is 0 Å². The molecule has 4 rings (SSSR count). The number of alkyl halides is 3. The minimum Gasteiger partial charge on any atom is -0.444 e. The minimum atomic E-state index is -4.49. The van der Waals surface area contributed by atoms with Crippen molar-refractivity contribution in [2.75, 3.05) is 18.0 Å². The van der Waals surface area contributed by atoms with E-state index in [0.717, 1.165) is 29.5 Å². The SMILES string of the molecule is CC#CCn1c(N2CCC[C@@H](NC(=O)OC(C)(C)C)C2)nc2c1c(=O)n(CC=Cc1cccc(C(F)(F)F)c1)c(=O)n2C. The predicted molar refractivity (Wildman–Crippen MR) is 158 cm³/mol. The van der Waals surface area contributed by atoms with Crippen molar-refractivity contribution >= 4 is 29.3 Å². The van der Waals surface area contributed by atoms with Crippen LogP contribution < -0.4 is 21.5 Å². The molecule has 3 aromatic rings. The van der Waals surface area contributed by atoms with Crippen molar-refractivity contribution in [2.24, 2.45) is 7.05 Å². The second-order valence-electron chi connectivity index (χ2n) is 11.3. The number of hydrogen-bond acceptors (Lipinski definition) is 6. The number of alkyl carbamates (subject to hydrolysis) is 1. The van der Waals surface area contributed by atoms with E-state index in [1.807, 2.05) is 4.90 Å². The molecule has 0 spiro atoms. The van der Waals surface area contributed by atoms with Gasteiger partial charge in [0.25, 0.3) is 5.56 Å². The van der Waals surface area contributed by atoms with Crippen molar-refractivity contribution in [1.82, 2.24) is 24.0 Å². The normalized spacial score (nSPS) is 15.9. The zero-order valence-corrected chi connectivity index (χ0v) is 24.8. The number of allylic oxidation sites excluding steroid dienone is 1. The van der Waals surface area contributed by atoms with Gasteiger partial charge in [-0.2, -0.15) is 18.2 Å². The number of halogens is 3. The summed E-state index contributed by atoms with van der Waals surface area (Å²) in [4.78, 5) is 46.0. The maximum absolute atomic E-state index is 13.7. The van der Waals surface area contributed by atoms with Gasteiger partial charge in [0.15, 0.2) is 11.2 Å². The molecule has 43 heavy (non-hydrogen) atoms. The number of aryl methyl sites for hydroxylation is 1. The average molecular weight is 601 g/mol. The number of nitrogens with zero attached hydrogens (tertiary/aromatic N) is 5. The zero-order chi connectivity index (χ0) is 31.5. The van der Waals surface area contributed by atoms with Crippen LogP contribution in [-0.4, -0.2) is 49.5 Å². The van der Waals surface area contributed by atoms with E-state index in [1.54, 1.807) is 32.3 Å². The highest BCUT2D eigenvalue weighted by molar-refractivity contribution is 5.75. The van der Waals surface area contributed by atoms with Gasteiger partial charge in [-0.15, -0.1) is 5.92 Å². The Morgan fingerprint density at radius 3 is 2.63 bits per heavy atom. The van der Waals surface area contributed by atoms with E-state index in [0.29, 0.717) is 19.0 Å². The fourth-order valence-electron chi connectivity index (χ4n) is 4.93. The summed E-state index contributed by atoms with van der Waals surface area (Å²) in [6.07, 6.45) is -0.634. The van der Waals surface area contributed by atoms with Gasteiger partial charge in [-0.25, -0.2) is 9.59 Å². The highest BCUT2D eigenvalue weighted by Crippen LogP contribution is 2.30. The maximum Gasteiger partial charge on any atom is 0.416 e. The van der Waals surface area contributed by atoms with Crippen molar-refractivity contribution < 1.29 is 22.7 Å². The van der Waals surface area contributed by atoms with Gasteiger partial charge >= 0.3 is 18.0 Å². The van der Waals surface area contributed by atoms with E-state index in [1.165, 1.54) is 35.9 Å². The lowest BCUT2D eigenvalue weighted by Gasteiger charge is -2.34. The first-order valence-electron chi connectivity index (χ1n) is 13.9. The maximum atomic E-state index is 13.7. The van der Waals surface area contributed by atoms with Gasteiger partial charge in [-0.05, 0) is 58.2 Å². The molecule has 13 heteroatoms. The van der Waals surface area contributed by atoms with E-state index < -0.39 is 34.7 Å². The van der Waals surface area contributed by atoms with Crippen molar-refractivity contribution in [3.8, 4) is 11.8 Å². The van der Waals surface area contributed by atoms with Crippen LogP contribution in [-0.2, 0) is 31.1 Å². The number of ether oxygens (including phenoxy) is 1. The average Bonchev–Trinajstić information content (AvgIpc) is 3.31. The number of amides is 1. The number of imidazole rings is 1. The van der Waals surface area contributed by atoms with E-state index in [-0.39, 0.29) is 35.9 Å². The van der Waals surface area contributed by atoms with Crippen LogP contribution in [0.5, 0.6) is 0 Å². The van der Waals surface area contributed by atoms with Crippen molar-refractivity contribution in [2.45, 2.75) is 71.4 Å². The number of rotatable bonds is 6. The molecule has 230 valence electrons. The second kappa shape index (κ2) is 12.4. The van der Waals surface area contributed by atoms with E-state index in [2.05, 4.69) is 22.1 Å². The quantitative estimate of drug-likeness (QED) is 0.427. The third-order valence-electron chi connectivity index (χ3n) is 6.86. The van der Waals surface area contributed by atoms with Gasteiger partial charge in [-0.3, -0.25) is 18.5 Å². The van der Waals surface area contributed by atoms with Gasteiger partial charge in [0, 0.05) is 32.7 Å². The van der Waals surface area contributed by atoms with Crippen LogP contribution >= 0.6 is 0 Å². The topological polar surface area (TPSA) is 103 Å². The molecule has 1 aromatic carbocycles. The summed E-state index contributed by atoms with van der Waals surface area (Å²) in [7, 11) is 1.51. The van der Waals surface area contributed by atoms with Crippen LogP contribution in [0.3, 0.4) is 0 Å². The lowest BCUT2D eigenvalue weighted by atomic mass is 10.1. The highest BCUT2D eigenvalue weighted by Gasteiger charge is 2.31. The molecule has 1 N–H and O–H groups in total. The molecule has 0 saturated carbocycles. The summed E-state index contributed by atoms with van der Waals surface area (Å²) in [6.45, 7) is 8.02. The number of benzene rings is 1.